The van der Waals surface area contributed by atoms with Crippen LogP contribution in [0, 0.1) is 11.8 Å². The summed E-state index contributed by atoms with van der Waals surface area (Å²) in [5.41, 5.74) is 0. The quantitative estimate of drug-likeness (QED) is 0.0169. The van der Waals surface area contributed by atoms with Crippen molar-refractivity contribution in [2.45, 2.75) is 394 Å². The lowest BCUT2D eigenvalue weighted by molar-refractivity contribution is -0.161. The van der Waals surface area contributed by atoms with E-state index < -0.39 is 97.5 Å². The molecule has 0 aliphatic carbocycles. The van der Waals surface area contributed by atoms with Crippen LogP contribution in [0.3, 0.4) is 0 Å². The summed E-state index contributed by atoms with van der Waals surface area (Å²) in [6.07, 6.45) is 59.1. The molecular weight excluding hydrogens is 1260 g/mol. The summed E-state index contributed by atoms with van der Waals surface area (Å²) in [5, 5.41) is 10.6. The summed E-state index contributed by atoms with van der Waals surface area (Å²) in [6, 6.07) is 0. The number of phosphoric acid groups is 2. The fourth-order valence-electron chi connectivity index (χ4n) is 11.3. The number of hydrogen-bond donors (Lipinski definition) is 3. The Kier molecular flexibility index (Phi) is 66.6. The molecule has 0 aliphatic rings. The van der Waals surface area contributed by atoms with E-state index in [1.807, 2.05) is 0 Å². The van der Waals surface area contributed by atoms with Gasteiger partial charge in [0.25, 0.3) is 0 Å². The Morgan fingerprint density at radius 2 is 0.562 bits per heavy atom. The van der Waals surface area contributed by atoms with Crippen LogP contribution in [-0.2, 0) is 65.4 Å². The monoisotopic (exact) mass is 1410 g/mol. The number of aliphatic hydroxyl groups is 1. The van der Waals surface area contributed by atoms with Gasteiger partial charge in [0.05, 0.1) is 26.4 Å². The minimum Gasteiger partial charge on any atom is -0.462 e. The van der Waals surface area contributed by atoms with Gasteiger partial charge < -0.3 is 33.8 Å². The molecule has 0 aromatic heterocycles. The van der Waals surface area contributed by atoms with Crippen molar-refractivity contribution in [3.05, 3.63) is 24.3 Å². The van der Waals surface area contributed by atoms with E-state index in [0.29, 0.717) is 31.6 Å². The van der Waals surface area contributed by atoms with E-state index in [1.54, 1.807) is 0 Å². The van der Waals surface area contributed by atoms with E-state index in [0.717, 1.165) is 121 Å². The molecule has 0 saturated heterocycles. The zero-order valence-corrected chi connectivity index (χ0v) is 63.9. The molecule has 17 nitrogen and oxygen atoms in total. The van der Waals surface area contributed by atoms with Crippen LogP contribution in [0.2, 0.25) is 0 Å². The molecule has 0 saturated carbocycles. The second-order valence-electron chi connectivity index (χ2n) is 28.0. The molecule has 0 amide bonds. The highest BCUT2D eigenvalue weighted by atomic mass is 31.2. The van der Waals surface area contributed by atoms with Gasteiger partial charge in [-0.25, -0.2) is 9.13 Å². The Balaban J connectivity index is 5.29. The van der Waals surface area contributed by atoms with Crippen molar-refractivity contribution in [2.75, 3.05) is 39.6 Å². The number of aliphatic hydroxyl groups excluding tert-OH is 1. The summed E-state index contributed by atoms with van der Waals surface area (Å²) < 4.78 is 68.5. The number of hydrogen-bond acceptors (Lipinski definition) is 15. The molecule has 2 unspecified atom stereocenters. The Morgan fingerprint density at radius 1 is 0.323 bits per heavy atom. The van der Waals surface area contributed by atoms with E-state index in [1.165, 1.54) is 167 Å². The number of ether oxygens (including phenoxy) is 4. The first-order valence-corrected chi connectivity index (χ1v) is 42.3. The summed E-state index contributed by atoms with van der Waals surface area (Å²) in [4.78, 5) is 72.8. The average molecular weight is 1410 g/mol. The maximum Gasteiger partial charge on any atom is 0.472 e. The highest BCUT2D eigenvalue weighted by molar-refractivity contribution is 7.47. The van der Waals surface area contributed by atoms with Crippen LogP contribution in [0.25, 0.3) is 0 Å². The average Bonchev–Trinajstić information content (AvgIpc) is 1.17. The molecule has 96 heavy (non-hydrogen) atoms. The van der Waals surface area contributed by atoms with Crippen LogP contribution in [0.1, 0.15) is 375 Å². The van der Waals surface area contributed by atoms with Crippen LogP contribution in [0.4, 0.5) is 0 Å². The highest BCUT2D eigenvalue weighted by Crippen LogP contribution is 2.45. The maximum atomic E-state index is 13.1. The molecular formula is C77H146O17P2. The highest BCUT2D eigenvalue weighted by Gasteiger charge is 2.30. The second kappa shape index (κ2) is 68.3. The van der Waals surface area contributed by atoms with Crippen molar-refractivity contribution < 1.29 is 80.2 Å². The normalized spacial score (nSPS) is 14.2. The number of allylic oxidation sites excluding steroid dienone is 4. The third-order valence-electron chi connectivity index (χ3n) is 17.3. The Morgan fingerprint density at radius 3 is 0.854 bits per heavy atom. The standard InChI is InChI=1S/C77H146O17P2/c1-7-9-11-13-15-17-19-21-23-25-27-32-36-42-49-55-61-76(81)93-72(65-87-74(79)59-53-47-41-35-31-26-24-22-20-18-16-14-12-10-8-2)67-91-95(83,84)89-63-71(78)64-90-96(85,86)92-68-73(66-88-75(80)60-54-48-44-38-40-46-52-58-70(5)6)94-77(82)62-56-50-43-37-33-29-28-30-34-39-45-51-57-69(3)4/h18,20,22,24,69-73,78H,7-17,19,21,23,25-68H2,1-6H3,(H,83,84)(H,85,86)/b20-18-,24-22-/t71-,72-,73-/m1/s1. The molecule has 5 atom stereocenters. The molecule has 0 radical (unpaired) electrons. The van der Waals surface area contributed by atoms with E-state index in [-0.39, 0.29) is 25.7 Å². The molecule has 0 aromatic rings. The van der Waals surface area contributed by atoms with Gasteiger partial charge in [-0.1, -0.05) is 323 Å². The predicted molar refractivity (Wildman–Crippen MR) is 391 cm³/mol. The van der Waals surface area contributed by atoms with Gasteiger partial charge in [0.15, 0.2) is 12.2 Å². The van der Waals surface area contributed by atoms with Gasteiger partial charge in [0.2, 0.25) is 0 Å². The van der Waals surface area contributed by atoms with Gasteiger partial charge >= 0.3 is 39.5 Å². The van der Waals surface area contributed by atoms with E-state index >= 15 is 0 Å². The van der Waals surface area contributed by atoms with E-state index in [2.05, 4.69) is 65.8 Å². The Labute approximate surface area is 586 Å². The summed E-state index contributed by atoms with van der Waals surface area (Å²) in [6.45, 7) is 9.49. The topological polar surface area (TPSA) is 237 Å². The zero-order valence-electron chi connectivity index (χ0n) is 62.2. The van der Waals surface area contributed by atoms with E-state index in [4.69, 9.17) is 37.0 Å². The van der Waals surface area contributed by atoms with Crippen LogP contribution in [0.15, 0.2) is 24.3 Å². The van der Waals surface area contributed by atoms with Crippen molar-refractivity contribution in [1.82, 2.24) is 0 Å². The molecule has 0 rings (SSSR count). The van der Waals surface area contributed by atoms with Gasteiger partial charge in [-0.05, 0) is 63.2 Å². The van der Waals surface area contributed by atoms with Crippen LogP contribution < -0.4 is 0 Å². The van der Waals surface area contributed by atoms with Crippen molar-refractivity contribution in [3.63, 3.8) is 0 Å². The smallest absolute Gasteiger partial charge is 0.462 e. The maximum absolute atomic E-state index is 13.1. The first-order chi connectivity index (χ1) is 46.4. The summed E-state index contributed by atoms with van der Waals surface area (Å²) >= 11 is 0. The molecule has 566 valence electrons. The molecule has 0 fully saturated rings. The Hall–Kier alpha value is -2.46. The van der Waals surface area contributed by atoms with E-state index in [9.17, 15) is 43.2 Å². The molecule has 0 bridgehead atoms. The van der Waals surface area contributed by atoms with Gasteiger partial charge in [0.1, 0.15) is 19.3 Å². The Bertz CT molecular complexity index is 1950. The van der Waals surface area contributed by atoms with Gasteiger partial charge in [-0.2, -0.15) is 0 Å². The number of carbonyl (C=O) groups is 4. The molecule has 0 aliphatic heterocycles. The van der Waals surface area contributed by atoms with Crippen molar-refractivity contribution >= 4 is 39.5 Å². The summed E-state index contributed by atoms with van der Waals surface area (Å²) in [5.74, 6) is -0.666. The fourth-order valence-corrected chi connectivity index (χ4v) is 12.9. The van der Waals surface area contributed by atoms with Crippen LogP contribution >= 0.6 is 15.6 Å². The van der Waals surface area contributed by atoms with Crippen molar-refractivity contribution in [1.29, 1.82) is 0 Å². The lowest BCUT2D eigenvalue weighted by atomic mass is 10.0. The van der Waals surface area contributed by atoms with Gasteiger partial charge in [0, 0.05) is 25.7 Å². The number of phosphoric ester groups is 2. The largest absolute Gasteiger partial charge is 0.472 e. The van der Waals surface area contributed by atoms with Crippen molar-refractivity contribution in [2.24, 2.45) is 11.8 Å². The predicted octanol–water partition coefficient (Wildman–Crippen LogP) is 22.3. The van der Waals surface area contributed by atoms with Crippen LogP contribution in [-0.4, -0.2) is 96.7 Å². The molecule has 19 heteroatoms. The minimum absolute atomic E-state index is 0.101. The first-order valence-electron chi connectivity index (χ1n) is 39.3. The summed E-state index contributed by atoms with van der Waals surface area (Å²) in [7, 11) is -9.92. The third-order valence-corrected chi connectivity index (χ3v) is 19.2. The van der Waals surface area contributed by atoms with Gasteiger partial charge in [-0.15, -0.1) is 0 Å². The second-order valence-corrected chi connectivity index (χ2v) is 30.9. The minimum atomic E-state index is -4.97. The molecule has 0 spiro atoms. The molecule has 0 heterocycles. The lowest BCUT2D eigenvalue weighted by Gasteiger charge is -2.21. The third kappa shape index (κ3) is 70.0. The zero-order chi connectivity index (χ0) is 70.7. The van der Waals surface area contributed by atoms with Gasteiger partial charge in [-0.3, -0.25) is 37.3 Å². The fraction of sp³-hybridized carbons (Fsp3) is 0.896. The molecule has 0 aromatic carbocycles. The number of unbranched alkanes of at least 4 members (excludes halogenated alkanes) is 41. The number of esters is 4. The SMILES string of the molecule is CCCCCC/C=C\C=C/CCCCCCCC(=O)OC[C@H](COP(=O)(O)OC[C@@H](O)COP(=O)(O)OC[C@@H](COC(=O)CCCCCCCCCC(C)C)OC(=O)CCCCCCCCCCCCCCC(C)C)OC(=O)CCCCCCCCCCCCCCCCCC. The number of carbonyl (C=O) groups excluding carboxylic acids is 4. The van der Waals surface area contributed by atoms with Crippen molar-refractivity contribution in [3.8, 4) is 0 Å². The molecule has 3 N–H and O–H groups in total. The first kappa shape index (κ1) is 93.5. The van der Waals surface area contributed by atoms with Crippen LogP contribution in [0.5, 0.6) is 0 Å². The number of rotatable bonds is 74. The lowest BCUT2D eigenvalue weighted by Crippen LogP contribution is -2.30.